The lowest BCUT2D eigenvalue weighted by Gasteiger charge is -2.11. The first-order valence-electron chi connectivity index (χ1n) is 6.42. The topological polar surface area (TPSA) is 48.3 Å². The van der Waals surface area contributed by atoms with Crippen LogP contribution in [0.25, 0.3) is 5.69 Å². The fourth-order valence-corrected chi connectivity index (χ4v) is 2.67. The Morgan fingerprint density at radius 2 is 2.25 bits per heavy atom. The van der Waals surface area contributed by atoms with E-state index in [1.807, 2.05) is 16.8 Å². The van der Waals surface area contributed by atoms with E-state index in [2.05, 4.69) is 10.4 Å². The zero-order valence-electron chi connectivity index (χ0n) is 11.4. The highest BCUT2D eigenvalue weighted by Gasteiger charge is 2.24. The van der Waals surface area contributed by atoms with E-state index in [4.69, 9.17) is 21.1 Å². The minimum atomic E-state index is 0.500. The van der Waals surface area contributed by atoms with Crippen LogP contribution in [-0.2, 0) is 17.8 Å². The predicted molar refractivity (Wildman–Crippen MR) is 78.0 cm³/mol. The summed E-state index contributed by atoms with van der Waals surface area (Å²) in [6.07, 6.45) is 0.955. The van der Waals surface area contributed by atoms with Gasteiger partial charge in [-0.1, -0.05) is 11.6 Å². The molecule has 0 unspecified atom stereocenters. The molecule has 0 amide bonds. The molecule has 0 radical (unpaired) electrons. The van der Waals surface area contributed by atoms with Crippen molar-refractivity contribution < 1.29 is 9.47 Å². The molecule has 106 valence electrons. The van der Waals surface area contributed by atoms with E-state index in [0.717, 1.165) is 35.9 Å². The van der Waals surface area contributed by atoms with E-state index in [1.165, 1.54) is 5.56 Å². The molecule has 1 aliphatic heterocycles. The summed E-state index contributed by atoms with van der Waals surface area (Å²) in [5, 5.41) is 8.64. The van der Waals surface area contributed by atoms with Crippen LogP contribution in [0.5, 0.6) is 5.75 Å². The summed E-state index contributed by atoms with van der Waals surface area (Å²) in [6.45, 7) is 1.41. The average molecular weight is 294 g/mol. The van der Waals surface area contributed by atoms with Crippen molar-refractivity contribution in [3.8, 4) is 11.4 Å². The van der Waals surface area contributed by atoms with Crippen LogP contribution in [-0.4, -0.2) is 30.5 Å². The van der Waals surface area contributed by atoms with E-state index in [-0.39, 0.29) is 0 Å². The molecule has 1 aromatic carbocycles. The first-order valence-corrected chi connectivity index (χ1v) is 6.80. The van der Waals surface area contributed by atoms with Gasteiger partial charge in [0.05, 0.1) is 19.4 Å². The molecule has 20 heavy (non-hydrogen) atoms. The Bertz CT molecular complexity index is 640. The highest BCUT2D eigenvalue weighted by Crippen LogP contribution is 2.33. The average Bonchev–Trinajstić information content (AvgIpc) is 3.03. The molecule has 0 fully saturated rings. The lowest BCUT2D eigenvalue weighted by atomic mass is 10.2. The van der Waals surface area contributed by atoms with Gasteiger partial charge in [-0.2, -0.15) is 5.10 Å². The van der Waals surface area contributed by atoms with Crippen LogP contribution in [0.2, 0.25) is 5.02 Å². The Labute approximate surface area is 122 Å². The molecule has 0 spiro atoms. The van der Waals surface area contributed by atoms with Crippen molar-refractivity contribution in [2.24, 2.45) is 0 Å². The number of halogens is 1. The molecule has 1 N–H and O–H groups in total. The van der Waals surface area contributed by atoms with Gasteiger partial charge in [-0.25, -0.2) is 4.68 Å². The van der Waals surface area contributed by atoms with Crippen LogP contribution < -0.4 is 10.1 Å². The van der Waals surface area contributed by atoms with Crippen molar-refractivity contribution in [3.63, 3.8) is 0 Å². The van der Waals surface area contributed by atoms with Gasteiger partial charge < -0.3 is 14.8 Å². The molecule has 0 saturated heterocycles. The lowest BCUT2D eigenvalue weighted by molar-refractivity contribution is 0.180. The number of aromatic nitrogens is 2. The summed E-state index contributed by atoms with van der Waals surface area (Å²) in [7, 11) is 3.31. The van der Waals surface area contributed by atoms with Gasteiger partial charge >= 0.3 is 0 Å². The maximum Gasteiger partial charge on any atom is 0.144 e. The number of fused-ring (bicyclic) bond motifs is 1. The molecule has 2 heterocycles. The van der Waals surface area contributed by atoms with E-state index in [1.54, 1.807) is 20.3 Å². The largest absolute Gasteiger partial charge is 0.494 e. The fourth-order valence-electron chi connectivity index (χ4n) is 2.50. The normalized spacial score (nSPS) is 13.2. The van der Waals surface area contributed by atoms with Gasteiger partial charge in [-0.05, 0) is 24.6 Å². The number of hydrogen-bond acceptors (Lipinski definition) is 4. The summed E-state index contributed by atoms with van der Waals surface area (Å²) < 4.78 is 12.5. The highest BCUT2D eigenvalue weighted by atomic mass is 35.5. The Kier molecular flexibility index (Phi) is 3.54. The van der Waals surface area contributed by atoms with Crippen molar-refractivity contribution in [1.82, 2.24) is 9.78 Å². The number of ether oxygens (including phenoxy) is 2. The second-order valence-corrected chi connectivity index (χ2v) is 5.05. The summed E-state index contributed by atoms with van der Waals surface area (Å²) in [6, 6.07) is 5.50. The Balaban J connectivity index is 2.15. The smallest absolute Gasteiger partial charge is 0.144 e. The van der Waals surface area contributed by atoms with Gasteiger partial charge in [0.25, 0.3) is 0 Å². The monoisotopic (exact) mass is 293 g/mol. The molecular weight excluding hydrogens is 278 g/mol. The predicted octanol–water partition coefficient (Wildman–Crippen LogP) is 2.65. The molecule has 0 saturated carbocycles. The van der Waals surface area contributed by atoms with Crippen LogP contribution in [0.3, 0.4) is 0 Å². The van der Waals surface area contributed by atoms with Crippen LogP contribution in [0.4, 0.5) is 5.82 Å². The third-order valence-electron chi connectivity index (χ3n) is 3.38. The van der Waals surface area contributed by atoms with Gasteiger partial charge in [-0.15, -0.1) is 0 Å². The van der Waals surface area contributed by atoms with Gasteiger partial charge in [-0.3, -0.25) is 0 Å². The number of nitrogens with zero attached hydrogens (tertiary/aromatic N) is 2. The Morgan fingerprint density at radius 1 is 1.40 bits per heavy atom. The molecule has 0 aliphatic carbocycles. The Hall–Kier alpha value is -1.72. The SMILES string of the molecule is COCc1nn(-c2cc(Cl)ccc2OC)c2c1CCN2. The van der Waals surface area contributed by atoms with Crippen molar-refractivity contribution in [3.05, 3.63) is 34.5 Å². The maximum atomic E-state index is 6.10. The fraction of sp³-hybridized carbons (Fsp3) is 0.357. The van der Waals surface area contributed by atoms with Gasteiger partial charge in [0, 0.05) is 24.2 Å². The van der Waals surface area contributed by atoms with Crippen LogP contribution >= 0.6 is 11.6 Å². The van der Waals surface area contributed by atoms with Crippen molar-refractivity contribution in [1.29, 1.82) is 0 Å². The molecule has 6 heteroatoms. The summed E-state index contributed by atoms with van der Waals surface area (Å²) in [4.78, 5) is 0. The molecular formula is C14H16ClN3O2. The molecule has 5 nitrogen and oxygen atoms in total. The first kappa shape index (κ1) is 13.3. The second-order valence-electron chi connectivity index (χ2n) is 4.61. The second kappa shape index (κ2) is 5.34. The maximum absolute atomic E-state index is 6.10. The van der Waals surface area contributed by atoms with Gasteiger partial charge in [0.15, 0.2) is 0 Å². The number of benzene rings is 1. The molecule has 0 bridgehead atoms. The van der Waals surface area contributed by atoms with E-state index in [9.17, 15) is 0 Å². The molecule has 0 atom stereocenters. The van der Waals surface area contributed by atoms with Crippen molar-refractivity contribution in [2.75, 3.05) is 26.1 Å². The van der Waals surface area contributed by atoms with Crippen LogP contribution in [0.1, 0.15) is 11.3 Å². The minimum Gasteiger partial charge on any atom is -0.494 e. The summed E-state index contributed by atoms with van der Waals surface area (Å²) >= 11 is 6.10. The third kappa shape index (κ3) is 2.13. The van der Waals surface area contributed by atoms with Crippen LogP contribution in [0.15, 0.2) is 18.2 Å². The molecule has 3 rings (SSSR count). The quantitative estimate of drug-likeness (QED) is 0.941. The number of nitrogens with one attached hydrogen (secondary N) is 1. The Morgan fingerprint density at radius 3 is 3.00 bits per heavy atom. The van der Waals surface area contributed by atoms with Gasteiger partial charge in [0.1, 0.15) is 17.3 Å². The van der Waals surface area contributed by atoms with E-state index in [0.29, 0.717) is 11.6 Å². The number of rotatable bonds is 4. The van der Waals surface area contributed by atoms with Crippen molar-refractivity contribution >= 4 is 17.4 Å². The van der Waals surface area contributed by atoms with Gasteiger partial charge in [0.2, 0.25) is 0 Å². The van der Waals surface area contributed by atoms with E-state index >= 15 is 0 Å². The van der Waals surface area contributed by atoms with Crippen LogP contribution in [0, 0.1) is 0 Å². The third-order valence-corrected chi connectivity index (χ3v) is 3.62. The first-order chi connectivity index (χ1) is 9.74. The summed E-state index contributed by atoms with van der Waals surface area (Å²) in [5.74, 6) is 1.73. The van der Waals surface area contributed by atoms with Crippen molar-refractivity contribution in [2.45, 2.75) is 13.0 Å². The number of anilines is 1. The highest BCUT2D eigenvalue weighted by molar-refractivity contribution is 6.30. The number of methoxy groups -OCH3 is 2. The lowest BCUT2D eigenvalue weighted by Crippen LogP contribution is -2.06. The standard InChI is InChI=1S/C14H16ClN3O2/c1-19-8-11-10-5-6-16-14(10)18(17-11)12-7-9(15)3-4-13(12)20-2/h3-4,7,16H,5-6,8H2,1-2H3. The zero-order chi connectivity index (χ0) is 14.1. The van der Waals surface area contributed by atoms with E-state index < -0.39 is 0 Å². The summed E-state index contributed by atoms with van der Waals surface area (Å²) in [5.41, 5.74) is 2.98. The molecule has 1 aromatic heterocycles. The molecule has 1 aliphatic rings. The molecule has 2 aromatic rings. The number of hydrogen-bond donors (Lipinski definition) is 1. The minimum absolute atomic E-state index is 0.500. The zero-order valence-corrected chi connectivity index (χ0v) is 12.2.